The molecular weight excluding hydrogens is 352 g/mol. The molecule has 1 amide bonds. The Morgan fingerprint density at radius 2 is 1.96 bits per heavy atom. The molecule has 5 rings (SSSR count). The molecule has 1 aromatic heterocycles. The van der Waals surface area contributed by atoms with E-state index in [2.05, 4.69) is 48.8 Å². The monoisotopic (exact) mass is 374 g/mol. The predicted molar refractivity (Wildman–Crippen MR) is 109 cm³/mol. The zero-order valence-corrected chi connectivity index (χ0v) is 16.0. The van der Waals surface area contributed by atoms with E-state index in [1.807, 2.05) is 6.20 Å². The fraction of sp³-hybridized carbons (Fsp3) is 0.261. The summed E-state index contributed by atoms with van der Waals surface area (Å²) >= 11 is 0. The third-order valence-electron chi connectivity index (χ3n) is 5.62. The minimum absolute atomic E-state index is 0.0288. The second kappa shape index (κ2) is 6.44. The molecule has 2 aliphatic rings. The van der Waals surface area contributed by atoms with Crippen LogP contribution in [0.25, 0.3) is 17.0 Å². The highest BCUT2D eigenvalue weighted by molar-refractivity contribution is 5.97. The lowest BCUT2D eigenvalue weighted by Crippen LogP contribution is -2.28. The molecule has 0 saturated carbocycles. The second-order valence-corrected chi connectivity index (χ2v) is 7.30. The highest BCUT2D eigenvalue weighted by Gasteiger charge is 2.26. The number of ether oxygens (including phenoxy) is 2. The highest BCUT2D eigenvalue weighted by atomic mass is 16.7. The van der Waals surface area contributed by atoms with Crippen LogP contribution in [-0.4, -0.2) is 28.7 Å². The molecule has 5 heteroatoms. The number of carbonyl (C=O) groups is 1. The van der Waals surface area contributed by atoms with E-state index in [4.69, 9.17) is 9.47 Å². The van der Waals surface area contributed by atoms with Crippen molar-refractivity contribution < 1.29 is 14.3 Å². The van der Waals surface area contributed by atoms with Crippen LogP contribution in [0.15, 0.2) is 48.7 Å². The van der Waals surface area contributed by atoms with Gasteiger partial charge in [0.15, 0.2) is 11.5 Å². The van der Waals surface area contributed by atoms with Crippen LogP contribution in [0.2, 0.25) is 0 Å². The van der Waals surface area contributed by atoms with Crippen molar-refractivity contribution in [3.8, 4) is 11.5 Å². The molecule has 0 aliphatic carbocycles. The summed E-state index contributed by atoms with van der Waals surface area (Å²) in [7, 11) is 0. The van der Waals surface area contributed by atoms with Crippen molar-refractivity contribution in [1.82, 2.24) is 9.47 Å². The first-order chi connectivity index (χ1) is 13.7. The molecule has 0 radical (unpaired) electrons. The van der Waals surface area contributed by atoms with Crippen LogP contribution in [0.3, 0.4) is 0 Å². The van der Waals surface area contributed by atoms with E-state index in [9.17, 15) is 4.79 Å². The van der Waals surface area contributed by atoms with Gasteiger partial charge in [-0.3, -0.25) is 4.79 Å². The maximum absolute atomic E-state index is 13.2. The Bertz CT molecular complexity index is 1110. The first-order valence-electron chi connectivity index (χ1n) is 9.67. The summed E-state index contributed by atoms with van der Waals surface area (Å²) in [6.45, 7) is 6.08. The van der Waals surface area contributed by atoms with Gasteiger partial charge in [0.1, 0.15) is 0 Å². The van der Waals surface area contributed by atoms with Gasteiger partial charge in [0.05, 0.1) is 0 Å². The number of hydrogen-bond donors (Lipinski definition) is 0. The third kappa shape index (κ3) is 2.50. The van der Waals surface area contributed by atoms with E-state index in [0.717, 1.165) is 6.54 Å². The Morgan fingerprint density at radius 3 is 2.82 bits per heavy atom. The fourth-order valence-electron chi connectivity index (χ4n) is 4.34. The lowest BCUT2D eigenvalue weighted by Gasteiger charge is -2.21. The summed E-state index contributed by atoms with van der Waals surface area (Å²) in [6.07, 6.45) is 3.99. The molecule has 0 bridgehead atoms. The van der Waals surface area contributed by atoms with Gasteiger partial charge in [0, 0.05) is 47.4 Å². The average Bonchev–Trinajstić information content (AvgIpc) is 3.26. The predicted octanol–water partition coefficient (Wildman–Crippen LogP) is 4.62. The van der Waals surface area contributed by atoms with E-state index in [1.165, 1.54) is 22.2 Å². The van der Waals surface area contributed by atoms with E-state index in [-0.39, 0.29) is 18.6 Å². The van der Waals surface area contributed by atoms with Gasteiger partial charge >= 0.3 is 0 Å². The molecule has 0 N–H and O–H groups in total. The number of carbonyl (C=O) groups excluding carboxylic acids is 1. The first kappa shape index (κ1) is 16.9. The van der Waals surface area contributed by atoms with Crippen LogP contribution >= 0.6 is 0 Å². The summed E-state index contributed by atoms with van der Waals surface area (Å²) in [5, 5.41) is 1.27. The summed E-state index contributed by atoms with van der Waals surface area (Å²) in [6, 6.07) is 13.9. The van der Waals surface area contributed by atoms with Crippen molar-refractivity contribution in [3.63, 3.8) is 0 Å². The Balaban J connectivity index is 1.53. The summed E-state index contributed by atoms with van der Waals surface area (Å²) in [4.78, 5) is 15.0. The standard InChI is InChI=1S/C23H22N2O3/c1-3-25-18-7-5-4-6-17(18)22-15(2)13-24(11-10-19(22)25)23(26)16-8-9-20-21(12-16)28-14-27-20/h4-12,15H,3,13-14H2,1-2H3. The van der Waals surface area contributed by atoms with Gasteiger partial charge < -0.3 is 18.9 Å². The number of para-hydroxylation sites is 1. The molecule has 142 valence electrons. The van der Waals surface area contributed by atoms with Crippen LogP contribution in [0, 0.1) is 0 Å². The maximum atomic E-state index is 13.2. The summed E-state index contributed by atoms with van der Waals surface area (Å²) in [5.41, 5.74) is 4.37. The first-order valence-corrected chi connectivity index (χ1v) is 9.67. The summed E-state index contributed by atoms with van der Waals surface area (Å²) in [5.74, 6) is 1.51. The van der Waals surface area contributed by atoms with Crippen molar-refractivity contribution in [2.24, 2.45) is 0 Å². The molecule has 2 aliphatic heterocycles. The van der Waals surface area contributed by atoms with E-state index in [1.54, 1.807) is 23.1 Å². The van der Waals surface area contributed by atoms with Crippen LogP contribution in [-0.2, 0) is 6.54 Å². The quantitative estimate of drug-likeness (QED) is 0.657. The Labute approximate surface area is 163 Å². The molecule has 1 atom stereocenters. The number of rotatable bonds is 2. The lowest BCUT2D eigenvalue weighted by molar-refractivity contribution is 0.0818. The topological polar surface area (TPSA) is 43.7 Å². The highest BCUT2D eigenvalue weighted by Crippen LogP contribution is 2.37. The molecule has 3 heterocycles. The van der Waals surface area contributed by atoms with E-state index in [0.29, 0.717) is 23.6 Å². The Kier molecular flexibility index (Phi) is 3.90. The van der Waals surface area contributed by atoms with Crippen molar-refractivity contribution in [2.75, 3.05) is 13.3 Å². The average molecular weight is 374 g/mol. The van der Waals surface area contributed by atoms with Gasteiger partial charge in [-0.05, 0) is 42.8 Å². The van der Waals surface area contributed by atoms with Crippen LogP contribution in [0.4, 0.5) is 0 Å². The van der Waals surface area contributed by atoms with Gasteiger partial charge in [-0.15, -0.1) is 0 Å². The van der Waals surface area contributed by atoms with Gasteiger partial charge in [-0.1, -0.05) is 25.1 Å². The number of nitrogens with zero attached hydrogens (tertiary/aromatic N) is 2. The molecule has 5 nitrogen and oxygen atoms in total. The third-order valence-corrected chi connectivity index (χ3v) is 5.62. The zero-order valence-electron chi connectivity index (χ0n) is 16.0. The van der Waals surface area contributed by atoms with Crippen molar-refractivity contribution >= 4 is 22.9 Å². The number of aromatic nitrogens is 1. The van der Waals surface area contributed by atoms with E-state index >= 15 is 0 Å². The lowest BCUT2D eigenvalue weighted by atomic mass is 9.97. The zero-order chi connectivity index (χ0) is 19.3. The van der Waals surface area contributed by atoms with Crippen molar-refractivity contribution in [3.05, 3.63) is 65.5 Å². The molecule has 28 heavy (non-hydrogen) atoms. The van der Waals surface area contributed by atoms with Gasteiger partial charge in [0.2, 0.25) is 6.79 Å². The van der Waals surface area contributed by atoms with Gasteiger partial charge in [0.25, 0.3) is 5.91 Å². The maximum Gasteiger partial charge on any atom is 0.257 e. The normalized spacial score (nSPS) is 17.6. The number of amides is 1. The van der Waals surface area contributed by atoms with Crippen LogP contribution < -0.4 is 9.47 Å². The SMILES string of the molecule is CCn1c2c(c3ccccc31)C(C)CN(C(=O)c1ccc3c(c1)OCO3)C=C2. The number of benzene rings is 2. The molecule has 3 aromatic rings. The van der Waals surface area contributed by atoms with Crippen LogP contribution in [0.1, 0.15) is 41.4 Å². The number of fused-ring (bicyclic) bond motifs is 4. The molecule has 0 saturated heterocycles. The molecule has 0 fully saturated rings. The smallest absolute Gasteiger partial charge is 0.257 e. The molecule has 2 aromatic carbocycles. The van der Waals surface area contributed by atoms with Gasteiger partial charge in [-0.25, -0.2) is 0 Å². The van der Waals surface area contributed by atoms with Crippen LogP contribution in [0.5, 0.6) is 11.5 Å². The Morgan fingerprint density at radius 1 is 1.14 bits per heavy atom. The largest absolute Gasteiger partial charge is 0.454 e. The molecular formula is C23H22N2O3. The van der Waals surface area contributed by atoms with Gasteiger partial charge in [-0.2, -0.15) is 0 Å². The Hall–Kier alpha value is -3.21. The van der Waals surface area contributed by atoms with Crippen molar-refractivity contribution in [2.45, 2.75) is 26.3 Å². The number of aryl methyl sites for hydroxylation is 1. The minimum atomic E-state index is -0.0288. The number of hydrogen-bond acceptors (Lipinski definition) is 3. The van der Waals surface area contributed by atoms with E-state index < -0.39 is 0 Å². The fourth-order valence-corrected chi connectivity index (χ4v) is 4.34. The molecule has 1 unspecified atom stereocenters. The molecule has 0 spiro atoms. The summed E-state index contributed by atoms with van der Waals surface area (Å²) < 4.78 is 13.1. The second-order valence-electron chi connectivity index (χ2n) is 7.30. The minimum Gasteiger partial charge on any atom is -0.454 e. The van der Waals surface area contributed by atoms with Crippen molar-refractivity contribution in [1.29, 1.82) is 0 Å².